The average molecular weight is 189 g/mol. The lowest BCUT2D eigenvalue weighted by atomic mass is 9.98. The molecule has 2 nitrogen and oxygen atoms in total. The van der Waals surface area contributed by atoms with Gasteiger partial charge in [0.1, 0.15) is 12.4 Å². The molecule has 1 aromatic carbocycles. The molecule has 0 N–H and O–H groups in total. The molecule has 0 bridgehead atoms. The number of aryl methyl sites for hydroxylation is 1. The minimum absolute atomic E-state index is 0.423. The van der Waals surface area contributed by atoms with Crippen LogP contribution in [0, 0.1) is 23.7 Å². The van der Waals surface area contributed by atoms with Crippen LogP contribution in [0.4, 0.5) is 0 Å². The van der Waals surface area contributed by atoms with E-state index in [9.17, 15) is 0 Å². The minimum Gasteiger partial charge on any atom is -0.492 e. The zero-order valence-corrected chi connectivity index (χ0v) is 8.87. The first-order chi connectivity index (χ1) is 6.53. The molecule has 1 aromatic rings. The first kappa shape index (κ1) is 10.6. The van der Waals surface area contributed by atoms with Crippen LogP contribution in [-0.4, -0.2) is 6.61 Å². The maximum Gasteiger partial charge on any atom is 0.119 e. The second-order valence-electron chi connectivity index (χ2n) is 4.10. The Labute approximate surface area is 85.1 Å². The Hall–Kier alpha value is -1.49. The van der Waals surface area contributed by atoms with Gasteiger partial charge in [0.2, 0.25) is 0 Å². The zero-order chi connectivity index (χ0) is 10.6. The summed E-state index contributed by atoms with van der Waals surface area (Å²) >= 11 is 0. The summed E-state index contributed by atoms with van der Waals surface area (Å²) in [4.78, 5) is 0. The second-order valence-corrected chi connectivity index (χ2v) is 4.10. The van der Waals surface area contributed by atoms with Crippen LogP contribution in [0.25, 0.3) is 0 Å². The molecular weight excluding hydrogens is 174 g/mol. The number of benzene rings is 1. The van der Waals surface area contributed by atoms with Crippen molar-refractivity contribution in [2.45, 2.75) is 20.8 Å². The van der Waals surface area contributed by atoms with E-state index in [-0.39, 0.29) is 0 Å². The molecule has 0 aliphatic carbocycles. The Morgan fingerprint density at radius 2 is 1.86 bits per heavy atom. The van der Waals surface area contributed by atoms with Gasteiger partial charge >= 0.3 is 0 Å². The van der Waals surface area contributed by atoms with Crippen molar-refractivity contribution in [1.82, 2.24) is 0 Å². The van der Waals surface area contributed by atoms with Gasteiger partial charge in [0.25, 0.3) is 0 Å². The molecular formula is C12H15NO. The molecule has 0 saturated carbocycles. The summed E-state index contributed by atoms with van der Waals surface area (Å²) in [5.41, 5.74) is 0.780. The lowest BCUT2D eigenvalue weighted by Crippen LogP contribution is -2.18. The third-order valence-corrected chi connectivity index (χ3v) is 1.92. The summed E-state index contributed by atoms with van der Waals surface area (Å²) in [6, 6.07) is 10.0. The van der Waals surface area contributed by atoms with Crippen molar-refractivity contribution in [1.29, 1.82) is 5.26 Å². The quantitative estimate of drug-likeness (QED) is 0.732. The highest BCUT2D eigenvalue weighted by Gasteiger charge is 2.17. The molecule has 0 aliphatic heterocycles. The highest BCUT2D eigenvalue weighted by atomic mass is 16.5. The van der Waals surface area contributed by atoms with Crippen LogP contribution >= 0.6 is 0 Å². The third-order valence-electron chi connectivity index (χ3n) is 1.92. The van der Waals surface area contributed by atoms with Crippen LogP contribution < -0.4 is 4.74 Å². The van der Waals surface area contributed by atoms with Crippen molar-refractivity contribution in [3.8, 4) is 11.8 Å². The average Bonchev–Trinajstić information content (AvgIpc) is 2.17. The molecule has 0 aromatic heterocycles. The highest BCUT2D eigenvalue weighted by molar-refractivity contribution is 5.26. The fourth-order valence-electron chi connectivity index (χ4n) is 0.931. The van der Waals surface area contributed by atoms with Crippen molar-refractivity contribution < 1.29 is 4.74 Å². The van der Waals surface area contributed by atoms with Gasteiger partial charge in [-0.1, -0.05) is 17.7 Å². The predicted octanol–water partition coefficient (Wildman–Crippen LogP) is 2.92. The van der Waals surface area contributed by atoms with E-state index in [4.69, 9.17) is 10.00 Å². The Morgan fingerprint density at radius 3 is 2.36 bits per heavy atom. The van der Waals surface area contributed by atoms with E-state index in [2.05, 4.69) is 6.07 Å². The Bertz CT molecular complexity index is 332. The largest absolute Gasteiger partial charge is 0.492 e. The lowest BCUT2D eigenvalue weighted by molar-refractivity contribution is 0.227. The van der Waals surface area contributed by atoms with Gasteiger partial charge in [-0.2, -0.15) is 5.26 Å². The summed E-state index contributed by atoms with van der Waals surface area (Å²) in [7, 11) is 0. The van der Waals surface area contributed by atoms with E-state index < -0.39 is 5.41 Å². The molecule has 0 aliphatic rings. The molecule has 1 rings (SSSR count). The molecule has 0 fully saturated rings. The molecule has 14 heavy (non-hydrogen) atoms. The molecule has 74 valence electrons. The van der Waals surface area contributed by atoms with Crippen LogP contribution in [0.1, 0.15) is 19.4 Å². The van der Waals surface area contributed by atoms with Crippen LogP contribution in [-0.2, 0) is 0 Å². The Kier molecular flexibility index (Phi) is 3.14. The number of rotatable bonds is 3. The predicted molar refractivity (Wildman–Crippen MR) is 56.1 cm³/mol. The van der Waals surface area contributed by atoms with E-state index in [1.165, 1.54) is 5.56 Å². The van der Waals surface area contributed by atoms with Crippen LogP contribution in [0.5, 0.6) is 5.75 Å². The smallest absolute Gasteiger partial charge is 0.119 e. The summed E-state index contributed by atoms with van der Waals surface area (Å²) in [5.74, 6) is 0.818. The molecule has 0 radical (unpaired) electrons. The molecule has 0 unspecified atom stereocenters. The molecule has 0 amide bonds. The van der Waals surface area contributed by atoms with Crippen molar-refractivity contribution in [2.75, 3.05) is 6.61 Å². The fraction of sp³-hybridized carbons (Fsp3) is 0.417. The van der Waals surface area contributed by atoms with Gasteiger partial charge < -0.3 is 4.74 Å². The first-order valence-corrected chi connectivity index (χ1v) is 4.64. The molecule has 0 heterocycles. The minimum atomic E-state index is -0.426. The summed E-state index contributed by atoms with van der Waals surface area (Å²) in [6.07, 6.45) is 0. The molecule has 0 spiro atoms. The van der Waals surface area contributed by atoms with Crippen LogP contribution in [0.2, 0.25) is 0 Å². The topological polar surface area (TPSA) is 33.0 Å². The number of nitriles is 1. The van der Waals surface area contributed by atoms with Gasteiger partial charge in [0.05, 0.1) is 11.5 Å². The van der Waals surface area contributed by atoms with Crippen molar-refractivity contribution >= 4 is 0 Å². The molecule has 0 atom stereocenters. The highest BCUT2D eigenvalue weighted by Crippen LogP contribution is 2.17. The van der Waals surface area contributed by atoms with Gasteiger partial charge in [-0.05, 0) is 32.9 Å². The zero-order valence-electron chi connectivity index (χ0n) is 8.87. The standard InChI is InChI=1S/C12H15NO/c1-10-4-6-11(7-5-10)14-9-12(2,3)8-13/h4-7H,9H2,1-3H3. The monoisotopic (exact) mass is 189 g/mol. The Morgan fingerprint density at radius 1 is 1.29 bits per heavy atom. The lowest BCUT2D eigenvalue weighted by Gasteiger charge is -2.15. The number of ether oxygens (including phenoxy) is 1. The van der Waals surface area contributed by atoms with Crippen molar-refractivity contribution in [2.24, 2.45) is 5.41 Å². The van der Waals surface area contributed by atoms with E-state index in [1.54, 1.807) is 0 Å². The van der Waals surface area contributed by atoms with Crippen LogP contribution in [0.15, 0.2) is 24.3 Å². The van der Waals surface area contributed by atoms with Crippen molar-refractivity contribution in [3.63, 3.8) is 0 Å². The maximum atomic E-state index is 8.79. The second kappa shape index (κ2) is 4.15. The first-order valence-electron chi connectivity index (χ1n) is 4.64. The number of nitrogens with zero attached hydrogens (tertiary/aromatic N) is 1. The summed E-state index contributed by atoms with van der Waals surface area (Å²) in [6.45, 7) is 6.18. The number of hydrogen-bond acceptors (Lipinski definition) is 2. The summed E-state index contributed by atoms with van der Waals surface area (Å²) in [5, 5.41) is 8.79. The van der Waals surface area contributed by atoms with E-state index >= 15 is 0 Å². The van der Waals surface area contributed by atoms with Crippen LogP contribution in [0.3, 0.4) is 0 Å². The molecule has 2 heteroatoms. The van der Waals surface area contributed by atoms with Crippen molar-refractivity contribution in [3.05, 3.63) is 29.8 Å². The van der Waals surface area contributed by atoms with Gasteiger partial charge in [-0.25, -0.2) is 0 Å². The van der Waals surface area contributed by atoms with E-state index in [1.807, 2.05) is 45.0 Å². The van der Waals surface area contributed by atoms with Gasteiger partial charge in [0, 0.05) is 0 Å². The van der Waals surface area contributed by atoms with Gasteiger partial charge in [-0.3, -0.25) is 0 Å². The number of hydrogen-bond donors (Lipinski definition) is 0. The summed E-state index contributed by atoms with van der Waals surface area (Å²) < 4.78 is 5.49. The van der Waals surface area contributed by atoms with E-state index in [0.29, 0.717) is 6.61 Å². The fourth-order valence-corrected chi connectivity index (χ4v) is 0.931. The maximum absolute atomic E-state index is 8.79. The Balaban J connectivity index is 2.55. The normalized spacial score (nSPS) is 10.7. The molecule has 0 saturated heterocycles. The SMILES string of the molecule is Cc1ccc(OCC(C)(C)C#N)cc1. The third kappa shape index (κ3) is 3.10. The van der Waals surface area contributed by atoms with Gasteiger partial charge in [-0.15, -0.1) is 0 Å². The van der Waals surface area contributed by atoms with E-state index in [0.717, 1.165) is 5.75 Å². The van der Waals surface area contributed by atoms with Gasteiger partial charge in [0.15, 0.2) is 0 Å².